The molecule has 0 radical (unpaired) electrons. The predicted octanol–water partition coefficient (Wildman–Crippen LogP) is 5.95. The molecule has 0 bridgehead atoms. The number of hydrogen-bond donors (Lipinski definition) is 0. The summed E-state index contributed by atoms with van der Waals surface area (Å²) in [5, 5.41) is 0. The first-order valence-electron chi connectivity index (χ1n) is 9.44. The van der Waals surface area contributed by atoms with Crippen LogP contribution in [0.15, 0.2) is 0 Å². The van der Waals surface area contributed by atoms with E-state index >= 15 is 0 Å². The molecule has 126 valence electrons. The van der Waals surface area contributed by atoms with Crippen LogP contribution in [0.3, 0.4) is 0 Å². The molecule has 1 heterocycles. The summed E-state index contributed by atoms with van der Waals surface area (Å²) in [6.07, 6.45) is 10.2. The zero-order valence-corrected chi connectivity index (χ0v) is 16.6. The molecule has 3 saturated carbocycles. The third kappa shape index (κ3) is 1.98. The molecule has 0 unspecified atom stereocenters. The van der Waals surface area contributed by atoms with Crippen molar-refractivity contribution in [3.8, 4) is 0 Å². The van der Waals surface area contributed by atoms with Gasteiger partial charge in [-0.25, -0.2) is 0 Å². The second-order valence-electron chi connectivity index (χ2n) is 10.3. The summed E-state index contributed by atoms with van der Waals surface area (Å²) in [4.78, 5) is 0.697. The molecule has 3 aliphatic carbocycles. The van der Waals surface area contributed by atoms with E-state index in [2.05, 4.69) is 50.5 Å². The number of hydrogen-bond acceptors (Lipinski definition) is 1. The summed E-state index contributed by atoms with van der Waals surface area (Å²) >= 11 is 4.02. The molecule has 22 heavy (non-hydrogen) atoms. The lowest BCUT2D eigenvalue weighted by molar-refractivity contribution is -0.132. The Morgan fingerprint density at radius 1 is 0.864 bits per heavy atom. The molecule has 0 aromatic rings. The van der Waals surface area contributed by atoms with Gasteiger partial charge in [-0.15, -0.1) is 0 Å². The molecule has 0 aromatic heterocycles. The molecular formula is C20H33BrO. The van der Waals surface area contributed by atoms with Crippen molar-refractivity contribution >= 4 is 15.9 Å². The van der Waals surface area contributed by atoms with Crippen LogP contribution in [0.4, 0.5) is 0 Å². The normalized spacial score (nSPS) is 59.7. The average Bonchev–Trinajstić information content (AvgIpc) is 3.04. The summed E-state index contributed by atoms with van der Waals surface area (Å²) in [7, 11) is 0. The van der Waals surface area contributed by atoms with Crippen molar-refractivity contribution in [2.45, 2.75) is 96.1 Å². The van der Waals surface area contributed by atoms with Crippen LogP contribution in [0.5, 0.6) is 0 Å². The maximum Gasteiger partial charge on any atom is 0.0920 e. The maximum absolute atomic E-state index is 6.08. The maximum atomic E-state index is 6.08. The molecule has 0 amide bonds. The Hall–Kier alpha value is 0.440. The van der Waals surface area contributed by atoms with Crippen LogP contribution in [0, 0.1) is 28.1 Å². The second-order valence-corrected chi connectivity index (χ2v) is 11.4. The molecule has 0 spiro atoms. The molecule has 0 N–H and O–H groups in total. The molecule has 4 rings (SSSR count). The quantitative estimate of drug-likeness (QED) is 0.380. The number of ether oxygens (including phenoxy) is 1. The fourth-order valence-electron chi connectivity index (χ4n) is 7.16. The molecule has 2 heteroatoms. The molecule has 4 aliphatic rings. The first-order valence-corrected chi connectivity index (χ1v) is 10.4. The van der Waals surface area contributed by atoms with Crippen LogP contribution in [0.2, 0.25) is 0 Å². The summed E-state index contributed by atoms with van der Waals surface area (Å²) in [5.74, 6) is 1.77. The Labute approximate surface area is 145 Å². The number of rotatable bonds is 0. The SMILES string of the molecule is CC1(C)[C@@H](Br)CC[C@@]2(C)[C@H]1CC[C@@]1(C)C[C@H]3O[C@@]3(C)CC[C@@H]12. The fourth-order valence-corrected chi connectivity index (χ4v) is 7.71. The van der Waals surface area contributed by atoms with Crippen molar-refractivity contribution in [3.05, 3.63) is 0 Å². The van der Waals surface area contributed by atoms with Gasteiger partial charge in [0.1, 0.15) is 0 Å². The van der Waals surface area contributed by atoms with Gasteiger partial charge in [-0.2, -0.15) is 0 Å². The van der Waals surface area contributed by atoms with Crippen molar-refractivity contribution in [3.63, 3.8) is 0 Å². The van der Waals surface area contributed by atoms with Crippen molar-refractivity contribution in [2.24, 2.45) is 28.1 Å². The monoisotopic (exact) mass is 368 g/mol. The lowest BCUT2D eigenvalue weighted by Gasteiger charge is -2.63. The first-order chi connectivity index (χ1) is 10.1. The number of epoxide rings is 1. The summed E-state index contributed by atoms with van der Waals surface area (Å²) < 4.78 is 6.08. The van der Waals surface area contributed by atoms with Gasteiger partial charge in [-0.05, 0) is 80.0 Å². The number of halogens is 1. The van der Waals surface area contributed by atoms with E-state index < -0.39 is 0 Å². The lowest BCUT2D eigenvalue weighted by atomic mass is 9.42. The Bertz CT molecular complexity index is 488. The van der Waals surface area contributed by atoms with Crippen molar-refractivity contribution in [1.29, 1.82) is 0 Å². The van der Waals surface area contributed by atoms with Gasteiger partial charge in [0.25, 0.3) is 0 Å². The third-order valence-electron chi connectivity index (χ3n) is 8.70. The van der Waals surface area contributed by atoms with Crippen LogP contribution in [0.25, 0.3) is 0 Å². The molecule has 1 aliphatic heterocycles. The Morgan fingerprint density at radius 3 is 2.27 bits per heavy atom. The van der Waals surface area contributed by atoms with E-state index in [0.717, 1.165) is 11.8 Å². The van der Waals surface area contributed by atoms with E-state index in [1.165, 1.54) is 44.9 Å². The van der Waals surface area contributed by atoms with E-state index in [1.54, 1.807) is 0 Å². The minimum absolute atomic E-state index is 0.231. The Kier molecular flexibility index (Phi) is 3.29. The Balaban J connectivity index is 1.70. The second kappa shape index (κ2) is 4.54. The molecule has 1 nitrogen and oxygen atoms in total. The predicted molar refractivity (Wildman–Crippen MR) is 95.3 cm³/mol. The number of alkyl halides is 1. The van der Waals surface area contributed by atoms with Crippen LogP contribution in [0.1, 0.15) is 79.6 Å². The largest absolute Gasteiger partial charge is 0.366 e. The van der Waals surface area contributed by atoms with Crippen molar-refractivity contribution < 1.29 is 4.74 Å². The van der Waals surface area contributed by atoms with E-state index in [1.807, 2.05) is 0 Å². The smallest absolute Gasteiger partial charge is 0.0920 e. The van der Waals surface area contributed by atoms with Gasteiger partial charge < -0.3 is 4.74 Å². The Morgan fingerprint density at radius 2 is 1.55 bits per heavy atom. The van der Waals surface area contributed by atoms with Crippen LogP contribution in [-0.4, -0.2) is 16.5 Å². The van der Waals surface area contributed by atoms with Gasteiger partial charge in [-0.3, -0.25) is 0 Å². The van der Waals surface area contributed by atoms with Crippen LogP contribution < -0.4 is 0 Å². The molecule has 4 fully saturated rings. The van der Waals surface area contributed by atoms with E-state index in [-0.39, 0.29) is 5.60 Å². The molecule has 1 saturated heterocycles. The van der Waals surface area contributed by atoms with E-state index in [9.17, 15) is 0 Å². The average molecular weight is 369 g/mol. The van der Waals surface area contributed by atoms with Crippen molar-refractivity contribution in [1.82, 2.24) is 0 Å². The lowest BCUT2D eigenvalue weighted by Crippen LogP contribution is -2.57. The third-order valence-corrected chi connectivity index (χ3v) is 10.3. The van der Waals surface area contributed by atoms with Gasteiger partial charge in [-0.1, -0.05) is 43.6 Å². The summed E-state index contributed by atoms with van der Waals surface area (Å²) in [5.41, 5.74) is 1.71. The van der Waals surface area contributed by atoms with Gasteiger partial charge in [0, 0.05) is 4.83 Å². The standard InChI is InChI=1S/C20H33BrO/c1-17(2)13-6-9-18(3)12-16-20(5,22-16)11-7-14(18)19(13,4)10-8-15(17)21/h13-16H,6-12H2,1-5H3/t13-,14-,15-,16+,18-,19-,20-/m0/s1. The van der Waals surface area contributed by atoms with E-state index in [4.69, 9.17) is 4.74 Å². The van der Waals surface area contributed by atoms with Crippen LogP contribution >= 0.6 is 15.9 Å². The fraction of sp³-hybridized carbons (Fsp3) is 1.00. The van der Waals surface area contributed by atoms with Gasteiger partial charge in [0.05, 0.1) is 11.7 Å². The highest BCUT2D eigenvalue weighted by molar-refractivity contribution is 9.09. The number of fused-ring (bicyclic) bond motifs is 4. The summed E-state index contributed by atoms with van der Waals surface area (Å²) in [6.45, 7) is 12.7. The van der Waals surface area contributed by atoms with Gasteiger partial charge >= 0.3 is 0 Å². The zero-order chi connectivity index (χ0) is 16.0. The minimum atomic E-state index is 0.231. The highest BCUT2D eigenvalue weighted by atomic mass is 79.9. The highest BCUT2D eigenvalue weighted by Gasteiger charge is 2.65. The van der Waals surface area contributed by atoms with Gasteiger partial charge in [0.2, 0.25) is 0 Å². The minimum Gasteiger partial charge on any atom is -0.366 e. The van der Waals surface area contributed by atoms with Crippen LogP contribution in [-0.2, 0) is 4.74 Å². The molecule has 7 atom stereocenters. The topological polar surface area (TPSA) is 12.5 Å². The summed E-state index contributed by atoms with van der Waals surface area (Å²) in [6, 6.07) is 0. The molecular weight excluding hydrogens is 336 g/mol. The zero-order valence-electron chi connectivity index (χ0n) is 15.0. The first kappa shape index (κ1) is 15.9. The van der Waals surface area contributed by atoms with E-state index in [0.29, 0.717) is 27.2 Å². The van der Waals surface area contributed by atoms with Gasteiger partial charge in [0.15, 0.2) is 0 Å². The molecule has 0 aromatic carbocycles. The van der Waals surface area contributed by atoms with Crippen molar-refractivity contribution in [2.75, 3.05) is 0 Å². The highest BCUT2D eigenvalue weighted by Crippen LogP contribution is 2.69.